The Hall–Kier alpha value is -3.25. The number of rotatable bonds is 7. The minimum Gasteiger partial charge on any atom is -0.489 e. The van der Waals surface area contributed by atoms with Crippen LogP contribution >= 0.6 is 0 Å². The quantitative estimate of drug-likeness (QED) is 0.431. The predicted molar refractivity (Wildman–Crippen MR) is 130 cm³/mol. The van der Waals surface area contributed by atoms with Crippen molar-refractivity contribution in [3.63, 3.8) is 0 Å². The number of fused-ring (bicyclic) bond motifs is 1. The third-order valence-corrected chi connectivity index (χ3v) is 5.64. The lowest BCUT2D eigenvalue weighted by Crippen LogP contribution is -2.34. The van der Waals surface area contributed by atoms with E-state index in [0.29, 0.717) is 36.6 Å². The number of aromatic nitrogens is 1. The Morgan fingerprint density at radius 2 is 1.88 bits per heavy atom. The van der Waals surface area contributed by atoms with Gasteiger partial charge in [0.1, 0.15) is 23.8 Å². The van der Waals surface area contributed by atoms with Crippen LogP contribution in [0.1, 0.15) is 44.0 Å². The first-order chi connectivity index (χ1) is 16.3. The van der Waals surface area contributed by atoms with E-state index in [0.717, 1.165) is 36.3 Å². The van der Waals surface area contributed by atoms with Crippen molar-refractivity contribution in [1.29, 1.82) is 0 Å². The lowest BCUT2D eigenvalue weighted by molar-refractivity contribution is -0.155. The summed E-state index contributed by atoms with van der Waals surface area (Å²) in [6, 6.07) is 18.6. The van der Waals surface area contributed by atoms with E-state index in [9.17, 15) is 9.18 Å². The summed E-state index contributed by atoms with van der Waals surface area (Å²) in [5, 5.41) is 0. The molecule has 0 fully saturated rings. The number of nitrogens with zero attached hydrogens (tertiary/aromatic N) is 2. The second-order valence-corrected chi connectivity index (χ2v) is 9.58. The number of hydrogen-bond acceptors (Lipinski definition) is 5. The molecule has 3 aromatic rings. The molecule has 4 rings (SSSR count). The van der Waals surface area contributed by atoms with Crippen LogP contribution in [-0.4, -0.2) is 34.5 Å². The van der Waals surface area contributed by atoms with Crippen LogP contribution in [0.15, 0.2) is 60.7 Å². The van der Waals surface area contributed by atoms with Gasteiger partial charge in [-0.3, -0.25) is 14.7 Å². The minimum atomic E-state index is -0.465. The summed E-state index contributed by atoms with van der Waals surface area (Å²) in [6.07, 6.45) is 1.12. The van der Waals surface area contributed by atoms with Gasteiger partial charge in [-0.25, -0.2) is 4.39 Å². The summed E-state index contributed by atoms with van der Waals surface area (Å²) >= 11 is 0. The van der Waals surface area contributed by atoms with Gasteiger partial charge in [-0.05, 0) is 50.1 Å². The standard InChI is InChI=1S/C28H31FN2O3/c1-28(2,3)34-27(32)14-16-31-15-13-25-21(18-31)9-12-26(30-25)23-11-10-22(17-24(23)29)33-19-20-7-5-4-6-8-20/h4-12,17H,13-16,18-19H2,1-3H3. The average molecular weight is 463 g/mol. The van der Waals surface area contributed by atoms with Crippen LogP contribution in [0.25, 0.3) is 11.3 Å². The molecular weight excluding hydrogens is 431 g/mol. The van der Waals surface area contributed by atoms with Crippen molar-refractivity contribution in [3.8, 4) is 17.0 Å². The molecule has 0 saturated carbocycles. The van der Waals surface area contributed by atoms with E-state index in [1.165, 1.54) is 6.07 Å². The fourth-order valence-electron chi connectivity index (χ4n) is 3.99. The first-order valence-corrected chi connectivity index (χ1v) is 11.7. The van der Waals surface area contributed by atoms with E-state index in [2.05, 4.69) is 4.90 Å². The average Bonchev–Trinajstić information content (AvgIpc) is 2.81. The number of hydrogen-bond donors (Lipinski definition) is 0. The van der Waals surface area contributed by atoms with Gasteiger partial charge in [0, 0.05) is 43.4 Å². The zero-order valence-corrected chi connectivity index (χ0v) is 20.0. The fraction of sp³-hybridized carbons (Fsp3) is 0.357. The molecule has 34 heavy (non-hydrogen) atoms. The number of benzene rings is 2. The largest absolute Gasteiger partial charge is 0.489 e. The summed E-state index contributed by atoms with van der Waals surface area (Å²) in [6.45, 7) is 8.19. The van der Waals surface area contributed by atoms with E-state index in [1.54, 1.807) is 12.1 Å². The molecule has 1 aliphatic heterocycles. The van der Waals surface area contributed by atoms with Gasteiger partial charge >= 0.3 is 5.97 Å². The van der Waals surface area contributed by atoms with Crippen LogP contribution in [0.2, 0.25) is 0 Å². The van der Waals surface area contributed by atoms with E-state index >= 15 is 0 Å². The topological polar surface area (TPSA) is 51.7 Å². The molecule has 2 aromatic carbocycles. The van der Waals surface area contributed by atoms with E-state index in [1.807, 2.05) is 63.2 Å². The summed E-state index contributed by atoms with van der Waals surface area (Å²) < 4.78 is 26.0. The van der Waals surface area contributed by atoms with Crippen molar-refractivity contribution in [1.82, 2.24) is 9.88 Å². The molecule has 0 radical (unpaired) electrons. The van der Waals surface area contributed by atoms with Crippen molar-refractivity contribution in [2.75, 3.05) is 13.1 Å². The van der Waals surface area contributed by atoms with Crippen LogP contribution in [0.4, 0.5) is 4.39 Å². The van der Waals surface area contributed by atoms with E-state index in [4.69, 9.17) is 14.5 Å². The Morgan fingerprint density at radius 1 is 1.09 bits per heavy atom. The van der Waals surface area contributed by atoms with Gasteiger partial charge in [0.05, 0.1) is 12.1 Å². The highest BCUT2D eigenvalue weighted by atomic mass is 19.1. The molecule has 0 saturated heterocycles. The number of carbonyl (C=O) groups is 1. The molecule has 1 aliphatic rings. The third kappa shape index (κ3) is 6.41. The fourth-order valence-corrected chi connectivity index (χ4v) is 3.99. The van der Waals surface area contributed by atoms with Gasteiger partial charge in [-0.2, -0.15) is 0 Å². The molecule has 0 bridgehead atoms. The molecule has 1 aromatic heterocycles. The Labute approximate surface area is 200 Å². The predicted octanol–water partition coefficient (Wildman–Crippen LogP) is 5.56. The van der Waals surface area contributed by atoms with Crippen molar-refractivity contribution in [3.05, 3.63) is 83.3 Å². The second kappa shape index (κ2) is 10.3. The van der Waals surface area contributed by atoms with Gasteiger partial charge in [0.15, 0.2) is 0 Å². The maximum Gasteiger partial charge on any atom is 0.307 e. The van der Waals surface area contributed by atoms with Crippen molar-refractivity contribution < 1.29 is 18.7 Å². The Bertz CT molecular complexity index is 1140. The van der Waals surface area contributed by atoms with Crippen molar-refractivity contribution in [2.45, 2.75) is 52.4 Å². The van der Waals surface area contributed by atoms with Crippen molar-refractivity contribution in [2.24, 2.45) is 0 Å². The number of carbonyl (C=O) groups excluding carboxylic acids is 1. The number of halogens is 1. The molecule has 0 amide bonds. The highest BCUT2D eigenvalue weighted by molar-refractivity contribution is 5.70. The monoisotopic (exact) mass is 462 g/mol. The van der Waals surface area contributed by atoms with Crippen LogP contribution in [0.5, 0.6) is 5.75 Å². The summed E-state index contributed by atoms with van der Waals surface area (Å²) in [4.78, 5) is 19.0. The van der Waals surface area contributed by atoms with Crippen LogP contribution in [0, 0.1) is 5.82 Å². The molecule has 0 unspecified atom stereocenters. The van der Waals surface area contributed by atoms with E-state index in [-0.39, 0.29) is 11.8 Å². The lowest BCUT2D eigenvalue weighted by Gasteiger charge is -2.28. The highest BCUT2D eigenvalue weighted by Gasteiger charge is 2.21. The summed E-state index contributed by atoms with van der Waals surface area (Å²) in [5.41, 5.74) is 3.74. The SMILES string of the molecule is CC(C)(C)OC(=O)CCN1CCc2nc(-c3ccc(OCc4ccccc4)cc3F)ccc2C1. The molecule has 178 valence electrons. The molecule has 2 heterocycles. The lowest BCUT2D eigenvalue weighted by atomic mass is 10.0. The van der Waals surface area contributed by atoms with Gasteiger partial charge in [0.25, 0.3) is 0 Å². The smallest absolute Gasteiger partial charge is 0.307 e. The van der Waals surface area contributed by atoms with Crippen molar-refractivity contribution >= 4 is 5.97 Å². The highest BCUT2D eigenvalue weighted by Crippen LogP contribution is 2.28. The van der Waals surface area contributed by atoms with Gasteiger partial charge in [-0.1, -0.05) is 36.4 Å². The number of pyridine rings is 1. The van der Waals surface area contributed by atoms with Gasteiger partial charge in [-0.15, -0.1) is 0 Å². The molecule has 0 aliphatic carbocycles. The van der Waals surface area contributed by atoms with Crippen LogP contribution in [0.3, 0.4) is 0 Å². The van der Waals surface area contributed by atoms with E-state index < -0.39 is 5.60 Å². The van der Waals surface area contributed by atoms with Crippen LogP contribution in [-0.2, 0) is 29.1 Å². The first-order valence-electron chi connectivity index (χ1n) is 11.7. The minimum absolute atomic E-state index is 0.182. The molecular formula is C28H31FN2O3. The molecule has 6 heteroatoms. The maximum atomic E-state index is 14.9. The summed E-state index contributed by atoms with van der Waals surface area (Å²) in [5.74, 6) is -0.0464. The van der Waals surface area contributed by atoms with Crippen LogP contribution < -0.4 is 4.74 Å². The Balaban J connectivity index is 1.37. The molecule has 0 spiro atoms. The molecule has 5 nitrogen and oxygen atoms in total. The molecule has 0 N–H and O–H groups in total. The number of esters is 1. The zero-order chi connectivity index (χ0) is 24.1. The Morgan fingerprint density at radius 3 is 2.62 bits per heavy atom. The van der Waals surface area contributed by atoms with Gasteiger partial charge in [0.2, 0.25) is 0 Å². The third-order valence-electron chi connectivity index (χ3n) is 5.64. The maximum absolute atomic E-state index is 14.9. The summed E-state index contributed by atoms with van der Waals surface area (Å²) in [7, 11) is 0. The zero-order valence-electron chi connectivity index (χ0n) is 20.0. The molecule has 0 atom stereocenters. The Kier molecular flexibility index (Phi) is 7.27. The normalized spacial score (nSPS) is 13.9. The first kappa shape index (κ1) is 23.9. The van der Waals surface area contributed by atoms with Gasteiger partial charge < -0.3 is 9.47 Å². The second-order valence-electron chi connectivity index (χ2n) is 9.58. The number of ether oxygens (including phenoxy) is 2.